The van der Waals surface area contributed by atoms with E-state index in [2.05, 4.69) is 41.5 Å². The minimum atomic E-state index is 0.786. The van der Waals surface area contributed by atoms with Gasteiger partial charge in [0.05, 0.1) is 6.61 Å². The van der Waals surface area contributed by atoms with Crippen LogP contribution in [0, 0.1) is 0 Å². The normalized spacial score (nSPS) is 10.4. The molecule has 0 bridgehead atoms. The molecule has 0 heterocycles. The fraction of sp³-hybridized carbons (Fsp3) is 0.538. The maximum absolute atomic E-state index is 4.97. The lowest BCUT2D eigenvalue weighted by Gasteiger charge is -2.19. The van der Waals surface area contributed by atoms with Crippen LogP contribution in [-0.4, -0.2) is 40.4 Å². The van der Waals surface area contributed by atoms with Gasteiger partial charge in [0.25, 0.3) is 0 Å². The molecular weight excluding hydrogens is 200 g/mol. The second kappa shape index (κ2) is 8.13. The van der Waals surface area contributed by atoms with Crippen LogP contribution in [0.4, 0.5) is 5.69 Å². The molecule has 3 nitrogen and oxygen atoms in total. The summed E-state index contributed by atoms with van der Waals surface area (Å²) in [5, 5.41) is 3.34. The van der Waals surface area contributed by atoms with Crippen LogP contribution in [0.15, 0.2) is 30.3 Å². The molecule has 1 N–H and O–H groups in total. The van der Waals surface area contributed by atoms with Crippen molar-refractivity contribution in [3.63, 3.8) is 0 Å². The van der Waals surface area contributed by atoms with Gasteiger partial charge in [-0.05, 0) is 25.1 Å². The van der Waals surface area contributed by atoms with Crippen molar-refractivity contribution in [2.75, 3.05) is 45.3 Å². The number of hydrogen-bond donors (Lipinski definition) is 1. The van der Waals surface area contributed by atoms with Gasteiger partial charge in [-0.25, -0.2) is 0 Å². The van der Waals surface area contributed by atoms with E-state index in [0.29, 0.717) is 0 Å². The minimum absolute atomic E-state index is 0.786. The molecule has 0 aliphatic heterocycles. The number of nitrogens with one attached hydrogen (secondary N) is 1. The Morgan fingerprint density at radius 2 is 1.94 bits per heavy atom. The first-order valence-corrected chi connectivity index (χ1v) is 5.80. The molecule has 16 heavy (non-hydrogen) atoms. The molecule has 0 aliphatic rings. The zero-order valence-corrected chi connectivity index (χ0v) is 10.3. The Morgan fingerprint density at radius 3 is 2.62 bits per heavy atom. The molecular formula is C13H22N2O. The summed E-state index contributed by atoms with van der Waals surface area (Å²) in [6.07, 6.45) is 1.15. The number of ether oxygens (including phenoxy) is 1. The standard InChI is InChI=1S/C13H22N2O/c1-15(13-7-4-3-5-8-13)11-6-9-14-10-12-16-2/h3-5,7-8,14H,6,9-12H2,1-2H3. The lowest BCUT2D eigenvalue weighted by Crippen LogP contribution is -2.25. The second-order valence-corrected chi connectivity index (χ2v) is 3.85. The molecule has 0 unspecified atom stereocenters. The molecule has 0 aliphatic carbocycles. The highest BCUT2D eigenvalue weighted by Crippen LogP contribution is 2.10. The summed E-state index contributed by atoms with van der Waals surface area (Å²) in [6, 6.07) is 10.5. The largest absolute Gasteiger partial charge is 0.383 e. The van der Waals surface area contributed by atoms with Crippen molar-refractivity contribution in [1.29, 1.82) is 0 Å². The third-order valence-electron chi connectivity index (χ3n) is 2.53. The lowest BCUT2D eigenvalue weighted by molar-refractivity contribution is 0.199. The number of rotatable bonds is 8. The number of nitrogens with zero attached hydrogens (tertiary/aromatic N) is 1. The molecule has 0 aromatic heterocycles. The van der Waals surface area contributed by atoms with Gasteiger partial charge in [-0.15, -0.1) is 0 Å². The fourth-order valence-electron chi connectivity index (χ4n) is 1.55. The molecule has 1 aromatic rings. The fourth-order valence-corrected chi connectivity index (χ4v) is 1.55. The summed E-state index contributed by atoms with van der Waals surface area (Å²) in [6.45, 7) is 3.84. The Kier molecular flexibility index (Phi) is 6.61. The van der Waals surface area contributed by atoms with Crippen molar-refractivity contribution in [2.24, 2.45) is 0 Å². The molecule has 1 rings (SSSR count). The molecule has 0 amide bonds. The first kappa shape index (κ1) is 13.0. The van der Waals surface area contributed by atoms with Gasteiger partial charge in [0.2, 0.25) is 0 Å². The minimum Gasteiger partial charge on any atom is -0.383 e. The molecule has 90 valence electrons. The highest BCUT2D eigenvalue weighted by Gasteiger charge is 1.98. The van der Waals surface area contributed by atoms with Crippen LogP contribution in [-0.2, 0) is 4.74 Å². The molecule has 0 fully saturated rings. The van der Waals surface area contributed by atoms with E-state index in [1.807, 2.05) is 6.07 Å². The second-order valence-electron chi connectivity index (χ2n) is 3.85. The number of benzene rings is 1. The Hall–Kier alpha value is -1.06. The topological polar surface area (TPSA) is 24.5 Å². The first-order chi connectivity index (χ1) is 7.84. The predicted molar refractivity (Wildman–Crippen MR) is 69.1 cm³/mol. The average Bonchev–Trinajstić information content (AvgIpc) is 2.34. The van der Waals surface area contributed by atoms with Crippen molar-refractivity contribution in [1.82, 2.24) is 5.32 Å². The summed E-state index contributed by atoms with van der Waals surface area (Å²) in [4.78, 5) is 2.28. The first-order valence-electron chi connectivity index (χ1n) is 5.80. The molecule has 0 spiro atoms. The van der Waals surface area contributed by atoms with E-state index in [1.165, 1.54) is 5.69 Å². The molecule has 0 saturated heterocycles. The highest BCUT2D eigenvalue weighted by molar-refractivity contribution is 5.44. The van der Waals surface area contributed by atoms with Gasteiger partial charge in [0.15, 0.2) is 0 Å². The SMILES string of the molecule is COCCNCCCN(C)c1ccccc1. The van der Waals surface area contributed by atoms with Crippen LogP contribution in [0.25, 0.3) is 0 Å². The van der Waals surface area contributed by atoms with E-state index in [4.69, 9.17) is 4.74 Å². The van der Waals surface area contributed by atoms with Crippen molar-refractivity contribution in [3.05, 3.63) is 30.3 Å². The zero-order chi connectivity index (χ0) is 11.6. The van der Waals surface area contributed by atoms with E-state index in [-0.39, 0.29) is 0 Å². The predicted octanol–water partition coefficient (Wildman–Crippen LogP) is 1.75. The van der Waals surface area contributed by atoms with Crippen molar-refractivity contribution in [2.45, 2.75) is 6.42 Å². The molecule has 3 heteroatoms. The van der Waals surface area contributed by atoms with E-state index in [0.717, 1.165) is 32.7 Å². The Labute approximate surface area is 98.4 Å². The van der Waals surface area contributed by atoms with Crippen LogP contribution >= 0.6 is 0 Å². The maximum atomic E-state index is 4.97. The number of anilines is 1. The van der Waals surface area contributed by atoms with Crippen LogP contribution in [0.3, 0.4) is 0 Å². The summed E-state index contributed by atoms with van der Waals surface area (Å²) in [7, 11) is 3.86. The monoisotopic (exact) mass is 222 g/mol. The van der Waals surface area contributed by atoms with E-state index < -0.39 is 0 Å². The van der Waals surface area contributed by atoms with Crippen LogP contribution in [0.2, 0.25) is 0 Å². The van der Waals surface area contributed by atoms with Gasteiger partial charge >= 0.3 is 0 Å². The van der Waals surface area contributed by atoms with Gasteiger partial charge in [-0.2, -0.15) is 0 Å². The third kappa shape index (κ3) is 5.14. The van der Waals surface area contributed by atoms with Gasteiger partial charge in [0.1, 0.15) is 0 Å². The molecule has 1 aromatic carbocycles. The third-order valence-corrected chi connectivity index (χ3v) is 2.53. The van der Waals surface area contributed by atoms with E-state index >= 15 is 0 Å². The summed E-state index contributed by atoms with van der Waals surface area (Å²) in [5.74, 6) is 0. The van der Waals surface area contributed by atoms with Crippen LogP contribution in [0.5, 0.6) is 0 Å². The number of para-hydroxylation sites is 1. The smallest absolute Gasteiger partial charge is 0.0587 e. The molecule has 0 atom stereocenters. The summed E-state index contributed by atoms with van der Waals surface area (Å²) in [5.41, 5.74) is 1.28. The number of hydrogen-bond acceptors (Lipinski definition) is 3. The van der Waals surface area contributed by atoms with Gasteiger partial charge in [-0.3, -0.25) is 0 Å². The Balaban J connectivity index is 2.09. The quantitative estimate of drug-likeness (QED) is 0.678. The average molecular weight is 222 g/mol. The Bertz CT molecular complexity index is 264. The number of methoxy groups -OCH3 is 1. The highest BCUT2D eigenvalue weighted by atomic mass is 16.5. The van der Waals surface area contributed by atoms with Crippen molar-refractivity contribution >= 4 is 5.69 Å². The van der Waals surface area contributed by atoms with E-state index in [9.17, 15) is 0 Å². The Morgan fingerprint density at radius 1 is 1.19 bits per heavy atom. The van der Waals surface area contributed by atoms with Gasteiger partial charge in [0, 0.05) is 32.9 Å². The van der Waals surface area contributed by atoms with E-state index in [1.54, 1.807) is 7.11 Å². The summed E-state index contributed by atoms with van der Waals surface area (Å²) < 4.78 is 4.97. The van der Waals surface area contributed by atoms with Gasteiger partial charge < -0.3 is 15.0 Å². The van der Waals surface area contributed by atoms with Crippen LogP contribution in [0.1, 0.15) is 6.42 Å². The zero-order valence-electron chi connectivity index (χ0n) is 10.3. The lowest BCUT2D eigenvalue weighted by atomic mass is 10.3. The van der Waals surface area contributed by atoms with Crippen molar-refractivity contribution < 1.29 is 4.74 Å². The van der Waals surface area contributed by atoms with Crippen molar-refractivity contribution in [3.8, 4) is 0 Å². The maximum Gasteiger partial charge on any atom is 0.0587 e. The van der Waals surface area contributed by atoms with Crippen LogP contribution < -0.4 is 10.2 Å². The van der Waals surface area contributed by atoms with Gasteiger partial charge in [-0.1, -0.05) is 18.2 Å². The molecule has 0 saturated carbocycles. The molecule has 0 radical (unpaired) electrons. The summed E-state index contributed by atoms with van der Waals surface area (Å²) >= 11 is 0.